The molecule has 84 valence electrons. The van der Waals surface area contributed by atoms with Crippen LogP contribution in [0.2, 0.25) is 0 Å². The Kier molecular flexibility index (Phi) is 2.52. The maximum Gasteiger partial charge on any atom is 0.131 e. The van der Waals surface area contributed by atoms with Crippen molar-refractivity contribution in [1.82, 2.24) is 5.59 Å². The van der Waals surface area contributed by atoms with Crippen LogP contribution in [0.25, 0.3) is 11.1 Å². The quantitative estimate of drug-likeness (QED) is 0.848. The Morgan fingerprint density at radius 2 is 1.53 bits per heavy atom. The second-order valence-corrected chi connectivity index (χ2v) is 3.78. The molecule has 3 nitrogen and oxygen atoms in total. The van der Waals surface area contributed by atoms with Crippen molar-refractivity contribution in [2.24, 2.45) is 0 Å². The summed E-state index contributed by atoms with van der Waals surface area (Å²) in [5.41, 5.74) is 6.22. The zero-order valence-electron chi connectivity index (χ0n) is 9.21. The number of anilines is 1. The lowest BCUT2D eigenvalue weighted by molar-refractivity contribution is 0.159. The molecule has 1 aliphatic rings. The molecule has 1 N–H and O–H groups in total. The second-order valence-electron chi connectivity index (χ2n) is 3.78. The second kappa shape index (κ2) is 4.31. The van der Waals surface area contributed by atoms with Crippen molar-refractivity contribution < 1.29 is 4.84 Å². The van der Waals surface area contributed by atoms with Gasteiger partial charge in [0.1, 0.15) is 6.26 Å². The third kappa shape index (κ3) is 2.00. The van der Waals surface area contributed by atoms with E-state index in [0.29, 0.717) is 0 Å². The molecular formula is C14H12N2O. The van der Waals surface area contributed by atoms with E-state index in [4.69, 9.17) is 4.84 Å². The van der Waals surface area contributed by atoms with Gasteiger partial charge in [-0.2, -0.15) is 0 Å². The van der Waals surface area contributed by atoms with Gasteiger partial charge in [-0.05, 0) is 23.3 Å². The van der Waals surface area contributed by atoms with E-state index in [-0.39, 0.29) is 0 Å². The van der Waals surface area contributed by atoms with Crippen molar-refractivity contribution in [2.75, 3.05) is 5.01 Å². The minimum absolute atomic E-state index is 1.04. The average Bonchev–Trinajstić information content (AvgIpc) is 2.94. The Morgan fingerprint density at radius 3 is 2.18 bits per heavy atom. The van der Waals surface area contributed by atoms with E-state index in [0.717, 1.165) is 5.69 Å². The molecule has 3 rings (SSSR count). The molecule has 0 saturated heterocycles. The Bertz CT molecular complexity index is 520. The van der Waals surface area contributed by atoms with E-state index in [1.165, 1.54) is 11.1 Å². The summed E-state index contributed by atoms with van der Waals surface area (Å²) < 4.78 is 0. The Labute approximate surface area is 99.9 Å². The first kappa shape index (κ1) is 9.93. The van der Waals surface area contributed by atoms with Gasteiger partial charge in [-0.1, -0.05) is 48.1 Å². The summed E-state index contributed by atoms with van der Waals surface area (Å²) in [6.07, 6.45) is 3.43. The first-order valence-electron chi connectivity index (χ1n) is 5.46. The van der Waals surface area contributed by atoms with Crippen LogP contribution in [-0.2, 0) is 4.84 Å². The summed E-state index contributed by atoms with van der Waals surface area (Å²) in [5, 5.41) is 1.81. The predicted octanol–water partition coefficient (Wildman–Crippen LogP) is 3.08. The van der Waals surface area contributed by atoms with E-state index in [1.54, 1.807) is 6.26 Å². The predicted molar refractivity (Wildman–Crippen MR) is 67.7 cm³/mol. The minimum atomic E-state index is 1.04. The highest BCUT2D eigenvalue weighted by atomic mass is 16.7. The molecule has 1 aliphatic heterocycles. The SMILES string of the molecule is C1=CN(c2ccc(-c3ccccc3)cc2)NO1. The molecule has 0 atom stereocenters. The van der Waals surface area contributed by atoms with E-state index < -0.39 is 0 Å². The van der Waals surface area contributed by atoms with Crippen LogP contribution < -0.4 is 10.6 Å². The van der Waals surface area contributed by atoms with Crippen molar-refractivity contribution in [3.8, 4) is 11.1 Å². The van der Waals surface area contributed by atoms with Crippen LogP contribution in [0.5, 0.6) is 0 Å². The number of nitrogens with zero attached hydrogens (tertiary/aromatic N) is 1. The van der Waals surface area contributed by atoms with Crippen LogP contribution in [0.1, 0.15) is 0 Å². The highest BCUT2D eigenvalue weighted by molar-refractivity contribution is 5.66. The Balaban J connectivity index is 1.87. The molecule has 0 amide bonds. The van der Waals surface area contributed by atoms with Gasteiger partial charge in [0.25, 0.3) is 0 Å². The van der Waals surface area contributed by atoms with Crippen molar-refractivity contribution in [2.45, 2.75) is 0 Å². The number of rotatable bonds is 2. The van der Waals surface area contributed by atoms with Gasteiger partial charge in [-0.15, -0.1) is 0 Å². The smallest absolute Gasteiger partial charge is 0.131 e. The average molecular weight is 224 g/mol. The van der Waals surface area contributed by atoms with Crippen molar-refractivity contribution in [3.63, 3.8) is 0 Å². The lowest BCUT2D eigenvalue weighted by Crippen LogP contribution is -2.26. The van der Waals surface area contributed by atoms with Gasteiger partial charge in [-0.3, -0.25) is 0 Å². The number of hydrogen-bond acceptors (Lipinski definition) is 3. The van der Waals surface area contributed by atoms with Crippen molar-refractivity contribution >= 4 is 5.69 Å². The van der Waals surface area contributed by atoms with Gasteiger partial charge < -0.3 is 4.84 Å². The molecule has 0 fully saturated rings. The maximum atomic E-state index is 4.92. The van der Waals surface area contributed by atoms with Crippen LogP contribution in [0, 0.1) is 0 Å². The Morgan fingerprint density at radius 1 is 0.824 bits per heavy atom. The minimum Gasteiger partial charge on any atom is -0.395 e. The van der Waals surface area contributed by atoms with Crippen molar-refractivity contribution in [1.29, 1.82) is 0 Å². The molecule has 3 heteroatoms. The molecule has 2 aromatic rings. The molecule has 0 spiro atoms. The molecule has 1 heterocycles. The summed E-state index contributed by atoms with van der Waals surface area (Å²) in [7, 11) is 0. The van der Waals surface area contributed by atoms with E-state index >= 15 is 0 Å². The first-order chi connectivity index (χ1) is 8.43. The normalized spacial score (nSPS) is 13.8. The molecular weight excluding hydrogens is 212 g/mol. The van der Waals surface area contributed by atoms with Gasteiger partial charge in [0.05, 0.1) is 11.9 Å². The van der Waals surface area contributed by atoms with Gasteiger partial charge in [0, 0.05) is 0 Å². The number of hydrogen-bond donors (Lipinski definition) is 1. The zero-order valence-corrected chi connectivity index (χ0v) is 9.21. The standard InChI is InChI=1S/C14H12N2O/c1-2-4-12(5-3-1)13-6-8-14(9-7-13)16-10-11-17-15-16/h1-11,15H. The topological polar surface area (TPSA) is 24.5 Å². The third-order valence-corrected chi connectivity index (χ3v) is 2.68. The fourth-order valence-electron chi connectivity index (χ4n) is 1.79. The summed E-state index contributed by atoms with van der Waals surface area (Å²) in [5.74, 6) is 0. The van der Waals surface area contributed by atoms with Crippen LogP contribution in [0.15, 0.2) is 67.1 Å². The summed E-state index contributed by atoms with van der Waals surface area (Å²) in [4.78, 5) is 4.92. The van der Waals surface area contributed by atoms with Crippen LogP contribution in [0.4, 0.5) is 5.69 Å². The van der Waals surface area contributed by atoms with Crippen LogP contribution in [-0.4, -0.2) is 0 Å². The molecule has 0 unspecified atom stereocenters. The molecule has 17 heavy (non-hydrogen) atoms. The van der Waals surface area contributed by atoms with Gasteiger partial charge in [0.15, 0.2) is 0 Å². The largest absolute Gasteiger partial charge is 0.395 e. The lowest BCUT2D eigenvalue weighted by Gasteiger charge is -2.14. The van der Waals surface area contributed by atoms with Crippen LogP contribution in [0.3, 0.4) is 0 Å². The fraction of sp³-hybridized carbons (Fsp3) is 0. The van der Waals surface area contributed by atoms with Gasteiger partial charge in [-0.25, -0.2) is 5.01 Å². The highest BCUT2D eigenvalue weighted by Gasteiger charge is 2.07. The van der Waals surface area contributed by atoms with E-state index in [2.05, 4.69) is 29.9 Å². The van der Waals surface area contributed by atoms with E-state index in [1.807, 2.05) is 41.5 Å². The summed E-state index contributed by atoms with van der Waals surface area (Å²) >= 11 is 0. The van der Waals surface area contributed by atoms with E-state index in [9.17, 15) is 0 Å². The fourth-order valence-corrected chi connectivity index (χ4v) is 1.79. The summed E-state index contributed by atoms with van der Waals surface area (Å²) in [6, 6.07) is 18.6. The van der Waals surface area contributed by atoms with Crippen molar-refractivity contribution in [3.05, 3.63) is 67.1 Å². The van der Waals surface area contributed by atoms with Crippen LogP contribution >= 0.6 is 0 Å². The molecule has 0 aliphatic carbocycles. The maximum absolute atomic E-state index is 4.92. The number of nitrogens with one attached hydrogen (secondary N) is 1. The third-order valence-electron chi connectivity index (χ3n) is 2.68. The highest BCUT2D eigenvalue weighted by Crippen LogP contribution is 2.23. The number of benzene rings is 2. The molecule has 0 bridgehead atoms. The molecule has 0 aromatic heterocycles. The zero-order chi connectivity index (χ0) is 11.5. The molecule has 0 saturated carbocycles. The molecule has 0 radical (unpaired) electrons. The number of hydrazine groups is 1. The summed E-state index contributed by atoms with van der Waals surface area (Å²) in [6.45, 7) is 0. The van der Waals surface area contributed by atoms with Gasteiger partial charge in [0.2, 0.25) is 0 Å². The lowest BCUT2D eigenvalue weighted by atomic mass is 10.1. The van der Waals surface area contributed by atoms with Gasteiger partial charge >= 0.3 is 0 Å². The monoisotopic (exact) mass is 224 g/mol. The molecule has 2 aromatic carbocycles. The Hall–Kier alpha value is -2.26. The first-order valence-corrected chi connectivity index (χ1v) is 5.46.